The van der Waals surface area contributed by atoms with Gasteiger partial charge < -0.3 is 19.1 Å². The Kier molecular flexibility index (Phi) is 11.3. The molecule has 5 rings (SSSR count). The summed E-state index contributed by atoms with van der Waals surface area (Å²) in [7, 11) is 2.16. The topological polar surface area (TPSA) is 60.4 Å². The van der Waals surface area contributed by atoms with Crippen LogP contribution >= 0.6 is 23.2 Å². The maximum absolute atomic E-state index is 12.3. The first-order chi connectivity index (χ1) is 21.4. The van der Waals surface area contributed by atoms with Crippen LogP contribution in [0.4, 0.5) is 0 Å². The quantitative estimate of drug-likeness (QED) is 0.136. The Balaban J connectivity index is 1.03. The average Bonchev–Trinajstić information content (AvgIpc) is 3.59. The number of halogens is 2. The highest BCUT2D eigenvalue weighted by Crippen LogP contribution is 2.28. The lowest BCUT2D eigenvalue weighted by molar-refractivity contribution is -0.123. The molecule has 0 bridgehead atoms. The van der Waals surface area contributed by atoms with E-state index in [1.165, 1.54) is 16.7 Å². The van der Waals surface area contributed by atoms with Crippen molar-refractivity contribution >= 4 is 34.9 Å². The standard InChI is InChI=1S/C36H36Cl2N2O4/c1-40(23-35(27-6-12-30(37)13-7-27)28-8-14-31(38)15-9-28)21-2-3-26-4-16-33(17-5-26)43-24-32(41)25-44-34-18-10-29(11-19-34)36-39-20-22-42-36/h4-19,35H,2-3,20-25H2,1H3. The summed E-state index contributed by atoms with van der Waals surface area (Å²) in [5.41, 5.74) is 4.58. The van der Waals surface area contributed by atoms with Crippen molar-refractivity contribution in [3.63, 3.8) is 0 Å². The third-order valence-corrected chi connectivity index (χ3v) is 7.96. The smallest absolute Gasteiger partial charge is 0.216 e. The lowest BCUT2D eigenvalue weighted by Gasteiger charge is -2.25. The first-order valence-electron chi connectivity index (χ1n) is 14.8. The highest BCUT2D eigenvalue weighted by molar-refractivity contribution is 6.30. The van der Waals surface area contributed by atoms with E-state index in [0.29, 0.717) is 30.5 Å². The molecule has 0 saturated heterocycles. The molecule has 1 aliphatic heterocycles. The Morgan fingerprint density at radius 3 is 1.89 bits per heavy atom. The Morgan fingerprint density at radius 1 is 0.818 bits per heavy atom. The van der Waals surface area contributed by atoms with E-state index < -0.39 is 0 Å². The summed E-state index contributed by atoms with van der Waals surface area (Å²) in [6.45, 7) is 3.03. The van der Waals surface area contributed by atoms with Gasteiger partial charge in [-0.3, -0.25) is 4.79 Å². The summed E-state index contributed by atoms with van der Waals surface area (Å²) in [5, 5.41) is 1.47. The third kappa shape index (κ3) is 9.33. The maximum Gasteiger partial charge on any atom is 0.216 e. The molecular formula is C36H36Cl2N2O4. The van der Waals surface area contributed by atoms with E-state index in [9.17, 15) is 4.79 Å². The summed E-state index contributed by atoms with van der Waals surface area (Å²) < 4.78 is 16.8. The minimum atomic E-state index is -0.139. The van der Waals surface area contributed by atoms with E-state index in [4.69, 9.17) is 37.4 Å². The minimum Gasteiger partial charge on any atom is -0.486 e. The molecule has 0 radical (unpaired) electrons. The summed E-state index contributed by atoms with van der Waals surface area (Å²) in [4.78, 5) is 19.0. The molecule has 0 aliphatic carbocycles. The molecule has 0 fully saturated rings. The number of aryl methyl sites for hydroxylation is 1. The number of benzene rings is 4. The van der Waals surface area contributed by atoms with Crippen LogP contribution < -0.4 is 9.47 Å². The molecule has 4 aromatic carbocycles. The third-order valence-electron chi connectivity index (χ3n) is 7.45. The fourth-order valence-corrected chi connectivity index (χ4v) is 5.33. The van der Waals surface area contributed by atoms with Crippen LogP contribution in [0.25, 0.3) is 0 Å². The summed E-state index contributed by atoms with van der Waals surface area (Å²) >= 11 is 12.3. The van der Waals surface area contributed by atoms with Gasteiger partial charge >= 0.3 is 0 Å². The van der Waals surface area contributed by atoms with Gasteiger partial charge in [0.05, 0.1) is 6.54 Å². The molecule has 1 heterocycles. The van der Waals surface area contributed by atoms with Gasteiger partial charge in [-0.2, -0.15) is 0 Å². The van der Waals surface area contributed by atoms with E-state index in [2.05, 4.69) is 53.3 Å². The molecule has 0 amide bonds. The van der Waals surface area contributed by atoms with Crippen molar-refractivity contribution in [2.75, 3.05) is 46.5 Å². The number of hydrogen-bond donors (Lipinski definition) is 0. The second-order valence-corrected chi connectivity index (χ2v) is 11.7. The van der Waals surface area contributed by atoms with Gasteiger partial charge in [0, 0.05) is 28.1 Å². The number of aliphatic imine (C=N–C) groups is 1. The van der Waals surface area contributed by atoms with E-state index in [-0.39, 0.29) is 24.9 Å². The van der Waals surface area contributed by atoms with E-state index in [0.717, 1.165) is 41.5 Å². The summed E-state index contributed by atoms with van der Waals surface area (Å²) in [6.07, 6.45) is 1.96. The molecule has 4 aromatic rings. The highest BCUT2D eigenvalue weighted by Gasteiger charge is 2.17. The first kappa shape index (κ1) is 31.6. The summed E-state index contributed by atoms with van der Waals surface area (Å²) in [5.74, 6) is 2.00. The van der Waals surface area contributed by atoms with Crippen LogP contribution in [0.15, 0.2) is 102 Å². The normalized spacial score (nSPS) is 12.7. The van der Waals surface area contributed by atoms with Gasteiger partial charge in [0.2, 0.25) is 11.7 Å². The van der Waals surface area contributed by atoms with Crippen molar-refractivity contribution in [2.45, 2.75) is 18.8 Å². The molecule has 0 aromatic heterocycles. The van der Waals surface area contributed by atoms with E-state index in [1.54, 1.807) is 0 Å². The van der Waals surface area contributed by atoms with Crippen molar-refractivity contribution in [1.29, 1.82) is 0 Å². The van der Waals surface area contributed by atoms with Gasteiger partial charge in [-0.25, -0.2) is 4.99 Å². The van der Waals surface area contributed by atoms with Gasteiger partial charge in [0.1, 0.15) is 31.3 Å². The van der Waals surface area contributed by atoms with Crippen molar-refractivity contribution in [3.8, 4) is 11.5 Å². The molecule has 44 heavy (non-hydrogen) atoms. The van der Waals surface area contributed by atoms with Gasteiger partial charge in [-0.05, 0) is 104 Å². The Morgan fingerprint density at radius 2 is 1.36 bits per heavy atom. The second kappa shape index (κ2) is 15.8. The molecule has 228 valence electrons. The van der Waals surface area contributed by atoms with Crippen LogP contribution in [0, 0.1) is 0 Å². The highest BCUT2D eigenvalue weighted by atomic mass is 35.5. The van der Waals surface area contributed by atoms with Crippen LogP contribution in [0.2, 0.25) is 10.0 Å². The predicted molar refractivity (Wildman–Crippen MR) is 177 cm³/mol. The zero-order valence-electron chi connectivity index (χ0n) is 24.8. The molecule has 6 nitrogen and oxygen atoms in total. The minimum absolute atomic E-state index is 0.0464. The molecule has 8 heteroatoms. The van der Waals surface area contributed by atoms with Crippen molar-refractivity contribution < 1.29 is 19.0 Å². The number of carbonyl (C=O) groups excluding carboxylic acids is 1. The Labute approximate surface area is 269 Å². The first-order valence-corrected chi connectivity index (χ1v) is 15.5. The number of ether oxygens (including phenoxy) is 3. The predicted octanol–water partition coefficient (Wildman–Crippen LogP) is 7.49. The molecule has 0 N–H and O–H groups in total. The fraction of sp³-hybridized carbons (Fsp3) is 0.278. The SMILES string of the molecule is CN(CCCc1ccc(OCC(=O)COc2ccc(C3=NCCO3)cc2)cc1)CC(c1ccc(Cl)cc1)c1ccc(Cl)cc1. The second-order valence-electron chi connectivity index (χ2n) is 10.8. The molecular weight excluding hydrogens is 595 g/mol. The molecule has 1 aliphatic rings. The number of Topliss-reactive ketones (excluding diaryl/α,β-unsaturated/α-hetero) is 1. The van der Waals surface area contributed by atoms with Crippen molar-refractivity contribution in [1.82, 2.24) is 4.90 Å². The number of nitrogens with zero attached hydrogens (tertiary/aromatic N) is 2. The Hall–Kier alpha value is -3.84. The van der Waals surface area contributed by atoms with Gasteiger partial charge in [-0.15, -0.1) is 0 Å². The number of likely N-dealkylation sites (N-methyl/N-ethyl adjacent to an activating group) is 1. The maximum atomic E-state index is 12.3. The zero-order valence-corrected chi connectivity index (χ0v) is 26.3. The molecule has 0 saturated carbocycles. The Bertz CT molecular complexity index is 1480. The van der Waals surface area contributed by atoms with Crippen LogP contribution in [0.1, 0.15) is 34.6 Å². The zero-order chi connectivity index (χ0) is 30.7. The lowest BCUT2D eigenvalue weighted by atomic mass is 9.91. The average molecular weight is 632 g/mol. The van der Waals surface area contributed by atoms with Crippen LogP contribution in [-0.2, 0) is 16.0 Å². The number of carbonyl (C=O) groups is 1. The van der Waals surface area contributed by atoms with E-state index >= 15 is 0 Å². The van der Waals surface area contributed by atoms with Gasteiger partial charge in [0.25, 0.3) is 0 Å². The monoisotopic (exact) mass is 630 g/mol. The number of hydrogen-bond acceptors (Lipinski definition) is 6. The number of rotatable bonds is 15. The number of ketones is 1. The van der Waals surface area contributed by atoms with Crippen LogP contribution in [0.5, 0.6) is 11.5 Å². The molecule has 0 unspecified atom stereocenters. The van der Waals surface area contributed by atoms with Crippen LogP contribution in [-0.4, -0.2) is 63.1 Å². The van der Waals surface area contributed by atoms with Crippen LogP contribution in [0.3, 0.4) is 0 Å². The molecule has 0 spiro atoms. The van der Waals surface area contributed by atoms with E-state index in [1.807, 2.05) is 60.7 Å². The van der Waals surface area contributed by atoms with Crippen molar-refractivity contribution in [3.05, 3.63) is 129 Å². The molecule has 0 atom stereocenters. The fourth-order valence-electron chi connectivity index (χ4n) is 5.07. The van der Waals surface area contributed by atoms with Gasteiger partial charge in [-0.1, -0.05) is 59.6 Å². The van der Waals surface area contributed by atoms with Crippen molar-refractivity contribution in [2.24, 2.45) is 4.99 Å². The van der Waals surface area contributed by atoms with Gasteiger partial charge in [0.15, 0.2) is 0 Å². The largest absolute Gasteiger partial charge is 0.486 e. The lowest BCUT2D eigenvalue weighted by Crippen LogP contribution is -2.26. The summed E-state index contributed by atoms with van der Waals surface area (Å²) in [6, 6.07) is 31.5.